The van der Waals surface area contributed by atoms with Gasteiger partial charge in [-0.25, -0.2) is 4.79 Å². The fourth-order valence-electron chi connectivity index (χ4n) is 6.05. The van der Waals surface area contributed by atoms with Crippen molar-refractivity contribution in [3.8, 4) is 22.7 Å². The van der Waals surface area contributed by atoms with Crippen molar-refractivity contribution in [1.82, 2.24) is 29.5 Å². The minimum Gasteiger partial charge on any atom is -0.490 e. The quantitative estimate of drug-likeness (QED) is 0.224. The molecule has 7 rings (SSSR count). The van der Waals surface area contributed by atoms with Crippen molar-refractivity contribution in [2.24, 2.45) is 0 Å². The van der Waals surface area contributed by atoms with E-state index in [1.807, 2.05) is 62.4 Å². The van der Waals surface area contributed by atoms with Gasteiger partial charge in [-0.15, -0.1) is 0 Å². The van der Waals surface area contributed by atoms with E-state index in [1.54, 1.807) is 33.7 Å². The lowest BCUT2D eigenvalue weighted by Gasteiger charge is -2.34. The van der Waals surface area contributed by atoms with E-state index in [4.69, 9.17) is 10.5 Å². The second-order valence-corrected chi connectivity index (χ2v) is 13.1. The van der Waals surface area contributed by atoms with E-state index in [1.165, 1.54) is 10.8 Å². The van der Waals surface area contributed by atoms with Crippen LogP contribution in [0.25, 0.3) is 16.9 Å². The fraction of sp³-hybridized carbons (Fsp3) is 0.250. The summed E-state index contributed by atoms with van der Waals surface area (Å²) in [5.41, 5.74) is 10.9. The first-order valence-electron chi connectivity index (χ1n) is 15.8. The van der Waals surface area contributed by atoms with Gasteiger partial charge in [-0.1, -0.05) is 40.2 Å². The fourth-order valence-corrected chi connectivity index (χ4v) is 6.30. The number of nitrogens with one attached hydrogen (secondary N) is 1. The SMILES string of the molecule is Cc1cc(C(=O)N2Cc3c(C(=O)NCc4ccccc4-c4cc(N)cnn4)n(-c4ccc(OC5CC5)cc4)c(=O)n3C[C@@H]2C)ccc1Br. The number of aromatic nitrogens is 4. The summed E-state index contributed by atoms with van der Waals surface area (Å²) >= 11 is 3.51. The molecule has 1 aliphatic heterocycles. The second kappa shape index (κ2) is 12.8. The van der Waals surface area contributed by atoms with Crippen molar-refractivity contribution in [1.29, 1.82) is 0 Å². The van der Waals surface area contributed by atoms with Crippen LogP contribution in [0.2, 0.25) is 0 Å². The van der Waals surface area contributed by atoms with Gasteiger partial charge < -0.3 is 20.7 Å². The first kappa shape index (κ1) is 31.4. The maximum Gasteiger partial charge on any atom is 0.333 e. The van der Waals surface area contributed by atoms with E-state index in [0.29, 0.717) is 34.1 Å². The highest BCUT2D eigenvalue weighted by Crippen LogP contribution is 2.29. The Morgan fingerprint density at radius 3 is 2.56 bits per heavy atom. The maximum absolute atomic E-state index is 14.3. The standard InChI is InChI=1S/C36H34BrN7O4/c1-21-15-23(7-14-30(21)37)35(46)42-20-32-33(34(45)39-17-24-5-3-4-6-29(24)31-16-25(38)18-40-41-31)44(36(47)43(32)19-22(42)2)26-8-10-27(11-9-26)48-28-12-13-28/h3-11,14-16,18,22,28H,12-13,17,19-20H2,1-2H3,(H2,38,41)(H,39,45)/t22-/m0/s1. The number of nitrogen functional groups attached to an aromatic ring is 1. The second-order valence-electron chi connectivity index (χ2n) is 12.3. The van der Waals surface area contributed by atoms with E-state index in [9.17, 15) is 14.4 Å². The Morgan fingerprint density at radius 2 is 1.83 bits per heavy atom. The Hall–Kier alpha value is -5.23. The highest BCUT2D eigenvalue weighted by molar-refractivity contribution is 9.10. The number of halogens is 1. The predicted octanol–water partition coefficient (Wildman–Crippen LogP) is 5.26. The number of ether oxygens (including phenoxy) is 1. The number of anilines is 1. The van der Waals surface area contributed by atoms with E-state index in [0.717, 1.165) is 34.0 Å². The summed E-state index contributed by atoms with van der Waals surface area (Å²) in [6.07, 6.45) is 3.75. The van der Waals surface area contributed by atoms with E-state index >= 15 is 0 Å². The number of benzene rings is 3. The summed E-state index contributed by atoms with van der Waals surface area (Å²) in [6.45, 7) is 4.31. The summed E-state index contributed by atoms with van der Waals surface area (Å²) < 4.78 is 9.88. The van der Waals surface area contributed by atoms with Gasteiger partial charge in [0.05, 0.1) is 41.6 Å². The number of hydrogen-bond acceptors (Lipinski definition) is 7. The summed E-state index contributed by atoms with van der Waals surface area (Å²) in [5, 5.41) is 11.2. The zero-order valence-electron chi connectivity index (χ0n) is 26.5. The van der Waals surface area contributed by atoms with E-state index < -0.39 is 5.91 Å². The molecule has 48 heavy (non-hydrogen) atoms. The Labute approximate surface area is 285 Å². The number of carbonyl (C=O) groups is 2. The minimum absolute atomic E-state index is 0.0818. The van der Waals surface area contributed by atoms with Gasteiger partial charge in [0.25, 0.3) is 11.8 Å². The van der Waals surface area contributed by atoms with Gasteiger partial charge in [0, 0.05) is 34.7 Å². The molecule has 1 fully saturated rings. The summed E-state index contributed by atoms with van der Waals surface area (Å²) in [5.74, 6) is 0.0874. The average molecular weight is 709 g/mol. The summed E-state index contributed by atoms with van der Waals surface area (Å²) in [7, 11) is 0. The molecule has 5 aromatic rings. The highest BCUT2D eigenvalue weighted by Gasteiger charge is 2.35. The van der Waals surface area contributed by atoms with E-state index in [-0.39, 0.29) is 49.1 Å². The highest BCUT2D eigenvalue weighted by atomic mass is 79.9. The molecule has 11 nitrogen and oxygen atoms in total. The number of amides is 2. The number of nitrogens with two attached hydrogens (primary N) is 1. The van der Waals surface area contributed by atoms with Crippen LogP contribution in [0.3, 0.4) is 0 Å². The Morgan fingerprint density at radius 1 is 1.06 bits per heavy atom. The van der Waals surface area contributed by atoms with Gasteiger partial charge >= 0.3 is 5.69 Å². The number of fused-ring (bicyclic) bond motifs is 1. The molecule has 2 aromatic heterocycles. The summed E-state index contributed by atoms with van der Waals surface area (Å²) in [6, 6.07) is 21.6. The topological polar surface area (TPSA) is 137 Å². The molecular formula is C36H34BrN7O4. The first-order valence-corrected chi connectivity index (χ1v) is 16.6. The third-order valence-electron chi connectivity index (χ3n) is 8.76. The molecule has 3 aromatic carbocycles. The Bertz CT molecular complexity index is 2100. The maximum atomic E-state index is 14.3. The van der Waals surface area contributed by atoms with Crippen molar-refractivity contribution >= 4 is 33.4 Å². The molecular weight excluding hydrogens is 674 g/mol. The molecule has 2 amide bonds. The van der Waals surface area contributed by atoms with E-state index in [2.05, 4.69) is 31.4 Å². The van der Waals surface area contributed by atoms with Crippen molar-refractivity contribution in [3.63, 3.8) is 0 Å². The normalized spacial score (nSPS) is 15.6. The van der Waals surface area contributed by atoms with Crippen LogP contribution in [-0.2, 0) is 19.6 Å². The third kappa shape index (κ3) is 6.11. The minimum atomic E-state index is -0.450. The molecule has 0 spiro atoms. The molecule has 2 aliphatic rings. The zero-order chi connectivity index (χ0) is 33.5. The predicted molar refractivity (Wildman–Crippen MR) is 185 cm³/mol. The molecule has 12 heteroatoms. The number of rotatable bonds is 8. The van der Waals surface area contributed by atoms with Crippen LogP contribution in [0.5, 0.6) is 5.75 Å². The summed E-state index contributed by atoms with van der Waals surface area (Å²) in [4.78, 5) is 43.9. The molecule has 1 saturated carbocycles. The molecule has 0 saturated heterocycles. The first-order chi connectivity index (χ1) is 23.2. The van der Waals surface area contributed by atoms with Gasteiger partial charge in [-0.05, 0) is 86.3 Å². The van der Waals surface area contributed by atoms with Crippen molar-refractivity contribution in [3.05, 3.63) is 122 Å². The van der Waals surface area contributed by atoms with Crippen molar-refractivity contribution < 1.29 is 14.3 Å². The number of imidazole rings is 1. The molecule has 0 unspecified atom stereocenters. The lowest BCUT2D eigenvalue weighted by molar-refractivity contribution is 0.0610. The van der Waals surface area contributed by atoms with Gasteiger partial charge in [0.2, 0.25) is 0 Å². The lowest BCUT2D eigenvalue weighted by Crippen LogP contribution is -2.47. The van der Waals surface area contributed by atoms with Crippen molar-refractivity contribution in [2.75, 3.05) is 5.73 Å². The molecule has 3 heterocycles. The average Bonchev–Trinajstić information content (AvgIpc) is 3.86. The van der Waals surface area contributed by atoms with Gasteiger partial charge in [0.15, 0.2) is 0 Å². The molecule has 3 N–H and O–H groups in total. The smallest absolute Gasteiger partial charge is 0.333 e. The van der Waals surface area contributed by atoms with Crippen LogP contribution < -0.4 is 21.5 Å². The van der Waals surface area contributed by atoms with Gasteiger partial charge in [0.1, 0.15) is 11.4 Å². The van der Waals surface area contributed by atoms with Crippen molar-refractivity contribution in [2.45, 2.75) is 58.5 Å². The number of hydrogen-bond donors (Lipinski definition) is 2. The molecule has 0 bridgehead atoms. The lowest BCUT2D eigenvalue weighted by atomic mass is 10.0. The number of nitrogens with zero attached hydrogens (tertiary/aromatic N) is 5. The van der Waals surface area contributed by atoms with Crippen LogP contribution in [-0.4, -0.2) is 48.2 Å². The largest absolute Gasteiger partial charge is 0.490 e. The zero-order valence-corrected chi connectivity index (χ0v) is 28.1. The van der Waals surface area contributed by atoms with Crippen LogP contribution in [0.1, 0.15) is 57.4 Å². The molecule has 0 radical (unpaired) electrons. The van der Waals surface area contributed by atoms with Gasteiger partial charge in [-0.2, -0.15) is 10.2 Å². The number of aryl methyl sites for hydroxylation is 1. The third-order valence-corrected chi connectivity index (χ3v) is 9.64. The Kier molecular flexibility index (Phi) is 8.34. The van der Waals surface area contributed by atoms with Crippen LogP contribution in [0, 0.1) is 6.92 Å². The molecule has 1 atom stereocenters. The van der Waals surface area contributed by atoms with Crippen LogP contribution in [0.4, 0.5) is 5.69 Å². The van der Waals surface area contributed by atoms with Crippen LogP contribution in [0.15, 0.2) is 88.3 Å². The monoisotopic (exact) mass is 707 g/mol. The number of carbonyl (C=O) groups excluding carboxylic acids is 2. The van der Waals surface area contributed by atoms with Crippen LogP contribution >= 0.6 is 15.9 Å². The molecule has 1 aliphatic carbocycles. The molecule has 244 valence electrons. The Balaban J connectivity index is 1.26. The van der Waals surface area contributed by atoms with Gasteiger partial charge in [-0.3, -0.25) is 18.7 Å².